The van der Waals surface area contributed by atoms with E-state index >= 15 is 0 Å². The smallest absolute Gasteiger partial charge is 0.493 e. The largest absolute Gasteiger partial charge is 3.00 e. The number of hydrogen-bond acceptors (Lipinski definition) is 37. The Morgan fingerprint density at radius 1 is 0.307 bits per heavy atom. The molecular weight excluding hydrogens is 2680 g/mol. The summed E-state index contributed by atoms with van der Waals surface area (Å²) in [4.78, 5) is 84.4. The minimum absolute atomic E-state index is 0. The maximum Gasteiger partial charge on any atom is 3.00 e. The van der Waals surface area contributed by atoms with Gasteiger partial charge in [-0.2, -0.15) is 96.7 Å². The van der Waals surface area contributed by atoms with Crippen LogP contribution in [0.4, 0.5) is 63.6 Å². The Morgan fingerprint density at radius 3 is 0.898 bits per heavy atom. The maximum absolute atomic E-state index is 13.6. The van der Waals surface area contributed by atoms with E-state index in [4.69, 9.17) is 10.5 Å². The van der Waals surface area contributed by atoms with Crippen molar-refractivity contribution in [1.29, 1.82) is 10.5 Å². The molecule has 694 valence electrons. The summed E-state index contributed by atoms with van der Waals surface area (Å²) in [6.07, 6.45) is 38.7. The van der Waals surface area contributed by atoms with Crippen molar-refractivity contribution in [3.8, 4) is 69.1 Å². The summed E-state index contributed by atoms with van der Waals surface area (Å²) in [5.41, 5.74) is 3.49. The number of rotatable bonds is 10. The molecule has 0 saturated carbocycles. The molecule has 5 aliphatic rings. The van der Waals surface area contributed by atoms with Gasteiger partial charge in [-0.1, -0.05) is 125 Å². The van der Waals surface area contributed by atoms with Crippen LogP contribution >= 0.6 is 0 Å². The molecule has 37 nitrogen and oxygen atoms in total. The summed E-state index contributed by atoms with van der Waals surface area (Å²) in [6.45, 7) is 9.27. The zero-order valence-corrected chi connectivity index (χ0v) is 82.7. The molecule has 16 heterocycles. The third-order valence-electron chi connectivity index (χ3n) is 15.7. The van der Waals surface area contributed by atoms with E-state index in [1.807, 2.05) is 117 Å². The predicted octanol–water partition coefficient (Wildman–Crippen LogP) is 11.0. The molecule has 15 aromatic rings. The van der Waals surface area contributed by atoms with E-state index in [0.29, 0.717) is 5.82 Å². The van der Waals surface area contributed by atoms with Crippen molar-refractivity contribution in [2.24, 2.45) is 25.5 Å². The molecule has 20 rings (SSSR count). The topological polar surface area (TPSA) is 400 Å². The Hall–Kier alpha value is -15.1. The number of halogens is 8. The number of anilines is 5. The Labute approximate surface area is 846 Å². The maximum atomic E-state index is 13.6. The quantitative estimate of drug-likeness (QED) is 0.0697. The molecule has 50 heteroatoms. The number of pyridine rings is 6. The fourth-order valence-corrected chi connectivity index (χ4v) is 9.80. The van der Waals surface area contributed by atoms with Crippen molar-refractivity contribution in [3.05, 3.63) is 368 Å². The van der Waals surface area contributed by atoms with Gasteiger partial charge in [0.15, 0.2) is 0 Å². The van der Waals surface area contributed by atoms with Crippen LogP contribution in [0.3, 0.4) is 0 Å². The Balaban J connectivity index is 0.000000233. The van der Waals surface area contributed by atoms with Crippen molar-refractivity contribution in [3.63, 3.8) is 0 Å². The van der Waals surface area contributed by atoms with Crippen molar-refractivity contribution >= 4 is 60.1 Å². The van der Waals surface area contributed by atoms with Crippen LogP contribution in [0.25, 0.3) is 56.9 Å². The summed E-state index contributed by atoms with van der Waals surface area (Å²) < 4.78 is 104. The van der Waals surface area contributed by atoms with Gasteiger partial charge in [0.1, 0.15) is 62.5 Å². The van der Waals surface area contributed by atoms with Crippen LogP contribution < -0.4 is 25.0 Å². The molecule has 0 amide bonds. The molecule has 0 aliphatic carbocycles. The molecule has 0 unspecified atom stereocenters. The molecular formula is C87H60F8Ir5N37. The average molecular weight is 2740 g/mol. The van der Waals surface area contributed by atoms with Gasteiger partial charge in [-0.3, -0.25) is 81.2 Å². The van der Waals surface area contributed by atoms with Gasteiger partial charge in [0.05, 0.1) is 96.2 Å². The molecule has 5 aliphatic heterocycles. The van der Waals surface area contributed by atoms with E-state index in [0.717, 1.165) is 64.3 Å². The van der Waals surface area contributed by atoms with Gasteiger partial charge in [-0.25, -0.2) is 28.7 Å². The van der Waals surface area contributed by atoms with Crippen LogP contribution in [0.2, 0.25) is 0 Å². The van der Waals surface area contributed by atoms with Crippen molar-refractivity contribution in [2.75, 3.05) is 60.3 Å². The second-order valence-electron chi connectivity index (χ2n) is 25.2. The van der Waals surface area contributed by atoms with Crippen molar-refractivity contribution in [2.45, 2.75) is 0 Å². The summed E-state index contributed by atoms with van der Waals surface area (Å²) in [5, 5.41) is 46.2. The third-order valence-corrected chi connectivity index (χ3v) is 15.7. The first kappa shape index (κ1) is 111. The minimum Gasteiger partial charge on any atom is -0.493 e. The van der Waals surface area contributed by atoms with Crippen LogP contribution in [-0.2, 0) is 101 Å². The fourth-order valence-electron chi connectivity index (χ4n) is 9.80. The monoisotopic (exact) mass is 2740 g/mol. The molecule has 0 spiro atoms. The Kier molecular flexibility index (Phi) is 47.5. The number of nitriles is 2. The van der Waals surface area contributed by atoms with E-state index in [1.165, 1.54) is 75.2 Å². The average Bonchev–Trinajstić information content (AvgIpc) is 1.71. The second kappa shape index (κ2) is 58.8. The van der Waals surface area contributed by atoms with E-state index in [1.54, 1.807) is 155 Å². The van der Waals surface area contributed by atoms with Crippen LogP contribution in [0.5, 0.6) is 0 Å². The summed E-state index contributed by atoms with van der Waals surface area (Å²) in [7, 11) is 9.58. The van der Waals surface area contributed by atoms with Crippen LogP contribution in [0.15, 0.2) is 241 Å². The first-order valence-electron chi connectivity index (χ1n) is 37.3. The number of hydrazone groups is 5. The molecule has 0 saturated heterocycles. The van der Waals surface area contributed by atoms with E-state index in [2.05, 4.69) is 186 Å². The molecule has 0 atom stereocenters. The van der Waals surface area contributed by atoms with Gasteiger partial charge in [0.2, 0.25) is 0 Å². The third kappa shape index (κ3) is 34.7. The van der Waals surface area contributed by atoms with Crippen molar-refractivity contribution < 1.29 is 136 Å². The zero-order valence-electron chi connectivity index (χ0n) is 70.7. The van der Waals surface area contributed by atoms with Gasteiger partial charge in [0.25, 0.3) is 0 Å². The second-order valence-corrected chi connectivity index (χ2v) is 25.2. The van der Waals surface area contributed by atoms with Crippen LogP contribution in [0, 0.1) is 163 Å². The van der Waals surface area contributed by atoms with Crippen LogP contribution in [0.1, 0.15) is 11.1 Å². The molecule has 0 fully saturated rings. The summed E-state index contributed by atoms with van der Waals surface area (Å²) in [5.74, 6) is -6.32. The van der Waals surface area contributed by atoms with E-state index < -0.39 is 57.9 Å². The first-order chi connectivity index (χ1) is 64.3. The Bertz CT molecular complexity index is 5750. The normalized spacial score (nSPS) is 12.1. The molecule has 137 heavy (non-hydrogen) atoms. The molecule has 0 N–H and O–H groups in total. The Morgan fingerprint density at radius 2 is 0.613 bits per heavy atom. The van der Waals surface area contributed by atoms with Gasteiger partial charge in [0, 0.05) is 35.2 Å². The minimum atomic E-state index is -1.02. The summed E-state index contributed by atoms with van der Waals surface area (Å²) >= 11 is 0. The van der Waals surface area contributed by atoms with Crippen LogP contribution in [-0.4, -0.2) is 191 Å². The number of hydrogen-bond donors (Lipinski definition) is 0. The predicted molar refractivity (Wildman–Crippen MR) is 460 cm³/mol. The van der Waals surface area contributed by atoms with Gasteiger partial charge < -0.3 is 74.5 Å². The molecule has 0 bridgehead atoms. The van der Waals surface area contributed by atoms with Gasteiger partial charge >= 0.3 is 101 Å². The number of benzene rings is 4. The van der Waals surface area contributed by atoms with E-state index in [9.17, 15) is 35.1 Å². The fraction of sp³-hybridized carbons (Fsp3) is 0.0575. The number of nitrogens with zero attached hydrogens (tertiary/aromatic N) is 37. The van der Waals surface area contributed by atoms with Gasteiger partial charge in [-0.15, -0.1) is 112 Å². The SMILES string of the molecule is CN1C=NN(c2[c-]ccnc2)[CH-]1.CN1C=NN(c2[c-]ccnc2)[CH-]1.CN1C=NN(c2[c-]ccnc2)[CH-]1.CN1C=NN(c2[c-]ccnc2)[CH-]1.CN1C=NN(c2[c-]ccnc2)[CH-]1.Fc1c[c-]c(-c2ncncn2)c(F)c1.Fc1c[c-]c(-c2ncncn2)c(F)n1.N#Cc1c(F)c[c-]c(-c2ncccn2)c1F.N#Cc1c(F)c[c-]c(-c2ncncn2)c1F.[Ir+3].[Ir+3].[Ir+3].[Ir+3].[Ir+3].[c-]1ccccc1-c1ncncn1. The van der Waals surface area contributed by atoms with Crippen molar-refractivity contribution in [1.82, 2.24) is 124 Å². The first-order valence-corrected chi connectivity index (χ1v) is 37.3. The van der Waals surface area contributed by atoms with Gasteiger partial charge in [-0.05, 0) is 41.3 Å². The molecule has 4 aromatic carbocycles. The standard InChI is InChI=1S/C11H4F2N3.C10H3F2N4.C9H4F2N3.C9H6N3.C8H3F2N4.5C8H8N4.5Ir/c12-9-3-2-7(10(13)8(9)6-14)11-15-4-1-5-16-11;11-8-2-1-6(9(12)7(8)3-13)10-15-4-14-5-16-10;10-6-1-2-7(8(11)3-6)9-13-4-12-5-14-9;1-2-4-8(5-3-1)9-11-6-10-7-12-9;9-6-2-1-5(7(10)14-6)8-12-3-11-4-13-8;5*1-11-6-10-12(7-11)8-3-2-4-9-5-8;;;;;/h1,3-5H;2,4-5H;1,3-5H;1-4,6-7H;2-4H;5*2,4-7H,1H3;;;;;/q5*-1;5*-2;5*+3. The zero-order chi connectivity index (χ0) is 93.2. The van der Waals surface area contributed by atoms with E-state index in [-0.39, 0.29) is 146 Å². The summed E-state index contributed by atoms with van der Waals surface area (Å²) in [6, 6.07) is 52.9. The number of aromatic nitrogens is 20. The molecule has 0 radical (unpaired) electrons. The molecule has 11 aromatic heterocycles.